The highest BCUT2D eigenvalue weighted by atomic mass is 35.5. The van der Waals surface area contributed by atoms with Gasteiger partial charge in [0.15, 0.2) is 0 Å². The number of ether oxygens (including phenoxy) is 1. The Kier molecular flexibility index (Phi) is 8.41. The van der Waals surface area contributed by atoms with Crippen molar-refractivity contribution in [2.24, 2.45) is 0 Å². The van der Waals surface area contributed by atoms with E-state index in [0.717, 1.165) is 18.6 Å². The smallest absolute Gasteiger partial charge is 0.224 e. The molecule has 4 nitrogen and oxygen atoms in total. The lowest BCUT2D eigenvalue weighted by atomic mass is 9.76. The summed E-state index contributed by atoms with van der Waals surface area (Å²) >= 11 is 5.86. The summed E-state index contributed by atoms with van der Waals surface area (Å²) in [5.74, 6) is 0.805. The van der Waals surface area contributed by atoms with Crippen molar-refractivity contribution < 1.29 is 9.53 Å². The third-order valence-electron chi connectivity index (χ3n) is 6.31. The minimum absolute atomic E-state index is 0.00902. The molecule has 1 radical (unpaired) electrons. The van der Waals surface area contributed by atoms with Crippen molar-refractivity contribution in [3.05, 3.63) is 52.5 Å². The molecule has 0 fully saturated rings. The van der Waals surface area contributed by atoms with Gasteiger partial charge in [-0.1, -0.05) is 65.3 Å². The lowest BCUT2D eigenvalue weighted by Gasteiger charge is -2.30. The average Bonchev–Trinajstić information content (AvgIpc) is 2.73. The molecule has 1 amide bonds. The molecule has 0 aliphatic carbocycles. The first kappa shape index (κ1) is 25.1. The Morgan fingerprint density at radius 2 is 1.71 bits per heavy atom. The number of anilines is 1. The van der Waals surface area contributed by atoms with E-state index in [2.05, 4.69) is 65.1 Å². The van der Waals surface area contributed by atoms with Crippen LogP contribution in [0.3, 0.4) is 0 Å². The maximum absolute atomic E-state index is 12.2. The molecular weight excluding hydrogens is 408 g/mol. The van der Waals surface area contributed by atoms with Crippen LogP contribution in [0.25, 0.3) is 0 Å². The maximum Gasteiger partial charge on any atom is 0.224 e. The lowest BCUT2D eigenvalue weighted by molar-refractivity contribution is -0.116. The highest BCUT2D eigenvalue weighted by Crippen LogP contribution is 2.38. The van der Waals surface area contributed by atoms with E-state index in [0.29, 0.717) is 30.2 Å². The van der Waals surface area contributed by atoms with Crippen molar-refractivity contribution in [3.8, 4) is 5.75 Å². The Hall–Kier alpha value is -2.20. The van der Waals surface area contributed by atoms with Crippen LogP contribution < -0.4 is 15.8 Å². The molecule has 5 heteroatoms. The number of amides is 1. The monoisotopic (exact) mass is 443 g/mol. The zero-order chi connectivity index (χ0) is 23.2. The summed E-state index contributed by atoms with van der Waals surface area (Å²) in [6.07, 6.45) is 3.05. The van der Waals surface area contributed by atoms with Crippen LogP contribution in [0, 0.1) is 0 Å². The van der Waals surface area contributed by atoms with E-state index in [1.54, 1.807) is 18.2 Å². The van der Waals surface area contributed by atoms with Crippen LogP contribution in [0.15, 0.2) is 36.4 Å². The molecule has 0 heterocycles. The Morgan fingerprint density at radius 3 is 2.32 bits per heavy atom. The van der Waals surface area contributed by atoms with Crippen molar-refractivity contribution >= 4 is 28.9 Å². The quantitative estimate of drug-likeness (QED) is 0.388. The molecule has 0 spiro atoms. The molecule has 2 aromatic rings. The molecule has 0 atom stereocenters. The first-order valence-electron chi connectivity index (χ1n) is 11.1. The van der Waals surface area contributed by atoms with Gasteiger partial charge >= 0.3 is 0 Å². The molecule has 0 unspecified atom stereocenters. The molecule has 2 aromatic carbocycles. The summed E-state index contributed by atoms with van der Waals surface area (Å²) in [6.45, 7) is 13.9. The Labute approximate surface area is 192 Å². The SMILES string of the molecule is CCC(C)(C)c1ccc(OCCCC(=O)Nc2ccc(Cl)c([NH])c2)c(C(C)(C)CC)c1. The highest BCUT2D eigenvalue weighted by molar-refractivity contribution is 6.33. The van der Waals surface area contributed by atoms with Crippen LogP contribution in [-0.2, 0) is 15.6 Å². The second-order valence-electron chi connectivity index (χ2n) is 9.38. The number of nitrogens with one attached hydrogen (secondary N) is 2. The molecule has 2 N–H and O–H groups in total. The number of rotatable bonds is 10. The van der Waals surface area contributed by atoms with Crippen molar-refractivity contribution in [2.75, 3.05) is 11.9 Å². The zero-order valence-corrected chi connectivity index (χ0v) is 20.5. The predicted molar refractivity (Wildman–Crippen MR) is 131 cm³/mol. The molecule has 2 rings (SSSR count). The van der Waals surface area contributed by atoms with Gasteiger partial charge in [-0.3, -0.25) is 10.5 Å². The molecule has 0 aliphatic rings. The number of carbonyl (C=O) groups excluding carboxylic acids is 1. The second kappa shape index (κ2) is 10.4. The lowest BCUT2D eigenvalue weighted by Crippen LogP contribution is -2.21. The van der Waals surface area contributed by atoms with Gasteiger partial charge in [0.25, 0.3) is 0 Å². The second-order valence-corrected chi connectivity index (χ2v) is 9.79. The first-order valence-corrected chi connectivity index (χ1v) is 11.5. The van der Waals surface area contributed by atoms with Gasteiger partial charge in [-0.05, 0) is 59.9 Å². The molecule has 169 valence electrons. The minimum atomic E-state index is -0.0977. The van der Waals surface area contributed by atoms with Crippen LogP contribution in [0.4, 0.5) is 11.4 Å². The number of halogens is 1. The van der Waals surface area contributed by atoms with Gasteiger partial charge in [0.2, 0.25) is 5.91 Å². The van der Waals surface area contributed by atoms with Gasteiger partial charge in [0, 0.05) is 17.7 Å². The zero-order valence-electron chi connectivity index (χ0n) is 19.7. The van der Waals surface area contributed by atoms with Crippen molar-refractivity contribution in [1.82, 2.24) is 5.73 Å². The van der Waals surface area contributed by atoms with Crippen molar-refractivity contribution in [1.29, 1.82) is 0 Å². The van der Waals surface area contributed by atoms with Crippen molar-refractivity contribution in [3.63, 3.8) is 0 Å². The topological polar surface area (TPSA) is 62.1 Å². The predicted octanol–water partition coefficient (Wildman–Crippen LogP) is 7.43. The highest BCUT2D eigenvalue weighted by Gasteiger charge is 2.26. The van der Waals surface area contributed by atoms with Gasteiger partial charge in [0.05, 0.1) is 17.3 Å². The fourth-order valence-electron chi connectivity index (χ4n) is 3.24. The minimum Gasteiger partial charge on any atom is -0.493 e. The number of carbonyl (C=O) groups is 1. The van der Waals surface area contributed by atoms with E-state index in [-0.39, 0.29) is 22.4 Å². The third kappa shape index (κ3) is 6.64. The summed E-state index contributed by atoms with van der Waals surface area (Å²) in [6, 6.07) is 11.4. The summed E-state index contributed by atoms with van der Waals surface area (Å²) in [4.78, 5) is 12.2. The largest absolute Gasteiger partial charge is 0.493 e. The number of benzene rings is 2. The standard InChI is InChI=1S/C26H36ClN2O2/c1-7-25(3,4)18-11-14-23(20(16-18)26(5,6)8-2)31-15-9-10-24(30)29-19-12-13-21(27)22(28)17-19/h11-14,16-17,28H,7-10,15H2,1-6H3,(H,29,30). The third-order valence-corrected chi connectivity index (χ3v) is 6.64. The molecule has 31 heavy (non-hydrogen) atoms. The van der Waals surface area contributed by atoms with E-state index < -0.39 is 0 Å². The Balaban J connectivity index is 2.00. The van der Waals surface area contributed by atoms with E-state index in [1.807, 2.05) is 0 Å². The molecule has 0 bridgehead atoms. The van der Waals surface area contributed by atoms with Crippen LogP contribution in [-0.4, -0.2) is 12.5 Å². The van der Waals surface area contributed by atoms with E-state index in [4.69, 9.17) is 22.1 Å². The van der Waals surface area contributed by atoms with Crippen LogP contribution in [0.5, 0.6) is 5.75 Å². The Bertz CT molecular complexity index is 906. The van der Waals surface area contributed by atoms with Crippen molar-refractivity contribution in [2.45, 2.75) is 78.1 Å². The molecular formula is C26H36ClN2O2. The average molecular weight is 444 g/mol. The number of hydrogen-bond acceptors (Lipinski definition) is 2. The summed E-state index contributed by atoms with van der Waals surface area (Å²) in [5, 5.41) is 3.18. The summed E-state index contributed by atoms with van der Waals surface area (Å²) in [5.41, 5.74) is 11.2. The molecule has 0 aromatic heterocycles. The fourth-order valence-corrected chi connectivity index (χ4v) is 3.36. The van der Waals surface area contributed by atoms with Gasteiger partial charge in [-0.15, -0.1) is 0 Å². The summed E-state index contributed by atoms with van der Waals surface area (Å²) in [7, 11) is 0. The number of hydrogen-bond donors (Lipinski definition) is 1. The van der Waals surface area contributed by atoms with Gasteiger partial charge in [-0.2, -0.15) is 0 Å². The van der Waals surface area contributed by atoms with Gasteiger partial charge < -0.3 is 10.1 Å². The van der Waals surface area contributed by atoms with Crippen LogP contribution in [0.1, 0.15) is 78.4 Å². The van der Waals surface area contributed by atoms with Gasteiger partial charge in [0.1, 0.15) is 5.75 Å². The normalized spacial score (nSPS) is 12.0. The van der Waals surface area contributed by atoms with Crippen LogP contribution >= 0.6 is 11.6 Å². The van der Waals surface area contributed by atoms with Gasteiger partial charge in [-0.25, -0.2) is 0 Å². The first-order chi connectivity index (χ1) is 14.5. The van der Waals surface area contributed by atoms with Crippen LogP contribution in [0.2, 0.25) is 5.02 Å². The molecule has 0 aliphatic heterocycles. The maximum atomic E-state index is 12.2. The van der Waals surface area contributed by atoms with E-state index >= 15 is 0 Å². The summed E-state index contributed by atoms with van der Waals surface area (Å²) < 4.78 is 6.13. The molecule has 0 saturated heterocycles. The van der Waals surface area contributed by atoms with E-state index in [9.17, 15) is 4.79 Å². The fraction of sp³-hybridized carbons (Fsp3) is 0.500. The molecule has 0 saturated carbocycles. The van der Waals surface area contributed by atoms with E-state index in [1.165, 1.54) is 11.1 Å². The Morgan fingerprint density at radius 1 is 1.03 bits per heavy atom.